The number of likely N-dealkylation sites (N-methyl/N-ethyl adjacent to an activating group) is 1. The second kappa shape index (κ2) is 8.18. The normalized spacial score (nSPS) is 17.5. The van der Waals surface area contributed by atoms with Crippen LogP contribution in [-0.4, -0.2) is 50.6 Å². The van der Waals surface area contributed by atoms with Gasteiger partial charge in [-0.1, -0.05) is 0 Å². The summed E-state index contributed by atoms with van der Waals surface area (Å²) in [7, 11) is 1.81. The minimum absolute atomic E-state index is 0.0304. The maximum Gasteiger partial charge on any atom is 0.341 e. The molecule has 1 unspecified atom stereocenters. The molecule has 3 N–H and O–H groups in total. The van der Waals surface area contributed by atoms with Crippen LogP contribution >= 0.6 is 11.3 Å². The van der Waals surface area contributed by atoms with Crippen molar-refractivity contribution in [3.8, 4) is 0 Å². The molecule has 1 aromatic heterocycles. The molecule has 1 atom stereocenters. The molecule has 0 bridgehead atoms. The van der Waals surface area contributed by atoms with Gasteiger partial charge in [0.25, 0.3) is 11.8 Å². The summed E-state index contributed by atoms with van der Waals surface area (Å²) < 4.78 is 5.16. The Labute approximate surface area is 157 Å². The molecule has 0 aromatic carbocycles. The molecular weight excluding hydrogens is 354 g/mol. The third kappa shape index (κ3) is 5.04. The van der Waals surface area contributed by atoms with E-state index in [2.05, 4.69) is 10.6 Å². The molecule has 1 aromatic rings. The number of ether oxygens (including phenoxy) is 1. The fourth-order valence-corrected chi connectivity index (χ4v) is 3.91. The Bertz CT molecular complexity index is 695. The first-order chi connectivity index (χ1) is 12.5. The lowest BCUT2D eigenvalue weighted by molar-refractivity contribution is -0.862. The second-order valence-electron chi connectivity index (χ2n) is 7.09. The monoisotopic (exact) mass is 380 g/mol. The number of anilines is 1. The van der Waals surface area contributed by atoms with Crippen molar-refractivity contribution >= 4 is 34.1 Å². The van der Waals surface area contributed by atoms with E-state index in [-0.39, 0.29) is 30.9 Å². The first-order valence-electron chi connectivity index (χ1n) is 9.17. The van der Waals surface area contributed by atoms with Crippen molar-refractivity contribution < 1.29 is 24.0 Å². The second-order valence-corrected chi connectivity index (χ2v) is 7.97. The summed E-state index contributed by atoms with van der Waals surface area (Å²) in [6.45, 7) is 2.49. The van der Waals surface area contributed by atoms with Crippen LogP contribution < -0.4 is 15.5 Å². The van der Waals surface area contributed by atoms with Gasteiger partial charge in [0.15, 0.2) is 13.1 Å². The zero-order valence-corrected chi connectivity index (χ0v) is 16.0. The van der Waals surface area contributed by atoms with E-state index in [4.69, 9.17) is 4.74 Å². The Morgan fingerprint density at radius 2 is 1.88 bits per heavy atom. The zero-order valence-electron chi connectivity index (χ0n) is 15.2. The van der Waals surface area contributed by atoms with E-state index in [1.165, 1.54) is 11.3 Å². The molecule has 0 saturated heterocycles. The van der Waals surface area contributed by atoms with Gasteiger partial charge in [-0.2, -0.15) is 0 Å². The Balaban J connectivity index is 1.57. The number of carbonyl (C=O) groups excluding carboxylic acids is 3. The van der Waals surface area contributed by atoms with Gasteiger partial charge >= 0.3 is 5.97 Å². The van der Waals surface area contributed by atoms with Gasteiger partial charge in [-0.25, -0.2) is 4.79 Å². The molecule has 0 radical (unpaired) electrons. The molecule has 142 valence electrons. The first kappa shape index (κ1) is 18.8. The molecule has 8 heteroatoms. The van der Waals surface area contributed by atoms with Crippen LogP contribution in [0.2, 0.25) is 0 Å². The van der Waals surface area contributed by atoms with E-state index >= 15 is 0 Å². The molecule has 26 heavy (non-hydrogen) atoms. The van der Waals surface area contributed by atoms with Crippen LogP contribution in [-0.2, 0) is 14.3 Å². The van der Waals surface area contributed by atoms with Crippen molar-refractivity contribution in [2.75, 3.05) is 32.1 Å². The van der Waals surface area contributed by atoms with Gasteiger partial charge in [0.1, 0.15) is 5.00 Å². The Hall–Kier alpha value is -1.93. The van der Waals surface area contributed by atoms with Gasteiger partial charge in [0.05, 0.1) is 19.2 Å². The predicted molar refractivity (Wildman–Crippen MR) is 98.7 cm³/mol. The fraction of sp³-hybridized carbons (Fsp3) is 0.611. The highest BCUT2D eigenvalue weighted by molar-refractivity contribution is 7.15. The maximum absolute atomic E-state index is 12.4. The van der Waals surface area contributed by atoms with Crippen LogP contribution in [0.4, 0.5) is 5.00 Å². The molecule has 2 aliphatic carbocycles. The summed E-state index contributed by atoms with van der Waals surface area (Å²) in [4.78, 5) is 37.3. The molecule has 1 heterocycles. The summed E-state index contributed by atoms with van der Waals surface area (Å²) in [6, 6.07) is 0.322. The number of quaternary nitrogens is 1. The Kier molecular flexibility index (Phi) is 5.93. The average molecular weight is 380 g/mol. The molecule has 3 rings (SSSR count). The number of esters is 1. The first-order valence-corrected chi connectivity index (χ1v) is 10.0. The van der Waals surface area contributed by atoms with Crippen LogP contribution in [0.1, 0.15) is 54.4 Å². The van der Waals surface area contributed by atoms with Gasteiger partial charge < -0.3 is 20.3 Å². The molecule has 0 spiro atoms. The van der Waals surface area contributed by atoms with E-state index in [1.807, 2.05) is 12.4 Å². The number of hydrogen-bond donors (Lipinski definition) is 3. The van der Waals surface area contributed by atoms with Crippen molar-refractivity contribution in [3.05, 3.63) is 16.5 Å². The number of amides is 2. The molecule has 7 nitrogen and oxygen atoms in total. The van der Waals surface area contributed by atoms with Crippen LogP contribution in [0, 0.1) is 0 Å². The third-order valence-electron chi connectivity index (χ3n) is 4.44. The summed E-state index contributed by atoms with van der Waals surface area (Å²) >= 11 is 1.36. The molecule has 2 fully saturated rings. The smallest absolute Gasteiger partial charge is 0.341 e. The van der Waals surface area contributed by atoms with Crippen molar-refractivity contribution in [1.82, 2.24) is 5.32 Å². The van der Waals surface area contributed by atoms with Crippen LogP contribution in [0.25, 0.3) is 0 Å². The predicted octanol–water partition coefficient (Wildman–Crippen LogP) is 0.534. The number of thiophene rings is 1. The van der Waals surface area contributed by atoms with E-state index in [1.54, 1.807) is 6.92 Å². The summed E-state index contributed by atoms with van der Waals surface area (Å²) in [5.74, 6) is -0.222. The third-order valence-corrected chi connectivity index (χ3v) is 5.35. The molecule has 2 amide bonds. The topological polar surface area (TPSA) is 88.9 Å². The van der Waals surface area contributed by atoms with Crippen LogP contribution in [0.3, 0.4) is 0 Å². The van der Waals surface area contributed by atoms with Crippen molar-refractivity contribution in [2.24, 2.45) is 0 Å². The van der Waals surface area contributed by atoms with E-state index < -0.39 is 0 Å². The average Bonchev–Trinajstić information content (AvgIpc) is 3.47. The summed E-state index contributed by atoms with van der Waals surface area (Å²) in [6.07, 6.45) is 4.23. The van der Waals surface area contributed by atoms with Crippen molar-refractivity contribution in [2.45, 2.75) is 44.6 Å². The largest absolute Gasteiger partial charge is 0.462 e. The summed E-state index contributed by atoms with van der Waals surface area (Å²) in [5.41, 5.74) is 1.48. The highest BCUT2D eigenvalue weighted by atomic mass is 32.1. The number of nitrogens with one attached hydrogen (secondary N) is 3. The van der Waals surface area contributed by atoms with Crippen LogP contribution in [0.5, 0.6) is 0 Å². The molecule has 0 aliphatic heterocycles. The van der Waals surface area contributed by atoms with Gasteiger partial charge in [-0.15, -0.1) is 11.3 Å². The quantitative estimate of drug-likeness (QED) is 0.546. The standard InChI is InChI=1S/C18H25N3O4S/c1-3-25-18(24)16-13(11-4-5-11)10-26-17(16)20-15(23)9-21(2)8-14(22)19-12-6-7-12/h10-12H,3-9H2,1-2H3,(H,19,22)(H,20,23)/p+1. The summed E-state index contributed by atoms with van der Waals surface area (Å²) in [5, 5.41) is 8.24. The minimum Gasteiger partial charge on any atom is -0.462 e. The lowest BCUT2D eigenvalue weighted by atomic mass is 10.1. The lowest BCUT2D eigenvalue weighted by Crippen LogP contribution is -3.11. The highest BCUT2D eigenvalue weighted by Crippen LogP contribution is 2.46. The van der Waals surface area contributed by atoms with Crippen molar-refractivity contribution in [1.29, 1.82) is 0 Å². The SMILES string of the molecule is CCOC(=O)c1c(C2CC2)csc1NC(=O)C[NH+](C)CC(=O)NC1CC1. The molecule has 2 saturated carbocycles. The minimum atomic E-state index is -0.379. The molecule has 2 aliphatic rings. The van der Waals surface area contributed by atoms with Gasteiger partial charge in [0.2, 0.25) is 0 Å². The number of hydrogen-bond acceptors (Lipinski definition) is 5. The van der Waals surface area contributed by atoms with E-state index in [0.717, 1.165) is 36.1 Å². The van der Waals surface area contributed by atoms with Gasteiger partial charge in [0, 0.05) is 6.04 Å². The van der Waals surface area contributed by atoms with E-state index in [0.29, 0.717) is 29.1 Å². The Morgan fingerprint density at radius 1 is 1.19 bits per heavy atom. The van der Waals surface area contributed by atoms with Gasteiger partial charge in [-0.3, -0.25) is 9.59 Å². The maximum atomic E-state index is 12.4. The molecular formula is C18H26N3O4S+. The lowest BCUT2D eigenvalue weighted by Gasteiger charge is -2.14. The van der Waals surface area contributed by atoms with Gasteiger partial charge in [-0.05, 0) is 49.5 Å². The van der Waals surface area contributed by atoms with E-state index in [9.17, 15) is 14.4 Å². The fourth-order valence-electron chi connectivity index (χ4n) is 2.86. The van der Waals surface area contributed by atoms with Crippen molar-refractivity contribution in [3.63, 3.8) is 0 Å². The zero-order chi connectivity index (χ0) is 18.7. The Morgan fingerprint density at radius 3 is 2.50 bits per heavy atom. The highest BCUT2D eigenvalue weighted by Gasteiger charge is 2.32. The number of rotatable bonds is 9. The number of carbonyl (C=O) groups is 3. The van der Waals surface area contributed by atoms with Crippen LogP contribution in [0.15, 0.2) is 5.38 Å².